The Morgan fingerprint density at radius 1 is 1.36 bits per heavy atom. The quantitative estimate of drug-likeness (QED) is 0.923. The van der Waals surface area contributed by atoms with E-state index >= 15 is 0 Å². The number of alkyl halides is 3. The van der Waals surface area contributed by atoms with E-state index in [1.54, 1.807) is 10.9 Å². The van der Waals surface area contributed by atoms with Crippen molar-refractivity contribution >= 4 is 5.91 Å². The van der Waals surface area contributed by atoms with Crippen molar-refractivity contribution in [1.29, 1.82) is 0 Å². The first-order valence-corrected chi connectivity index (χ1v) is 7.99. The van der Waals surface area contributed by atoms with Crippen molar-refractivity contribution in [3.63, 3.8) is 0 Å². The highest BCUT2D eigenvalue weighted by Crippen LogP contribution is 2.40. The summed E-state index contributed by atoms with van der Waals surface area (Å²) in [6.45, 7) is 2.44. The van der Waals surface area contributed by atoms with Crippen LogP contribution in [0.15, 0.2) is 36.7 Å². The molecule has 2 aromatic rings. The maximum Gasteiger partial charge on any atom is 0.416 e. The molecule has 1 aliphatic rings. The molecule has 1 aliphatic heterocycles. The molecule has 0 spiro atoms. The third kappa shape index (κ3) is 3.39. The molecule has 0 radical (unpaired) electrons. The second-order valence-electron chi connectivity index (χ2n) is 6.03. The number of hydrogen-bond acceptors (Lipinski definition) is 3. The summed E-state index contributed by atoms with van der Waals surface area (Å²) in [7, 11) is 0. The molecule has 2 heterocycles. The standard InChI is InChI=1S/C17H18F3N3O2/c1-2-22-9-11(8-21-22)16(25)23-10-12(24)7-15(23)13-5-3-4-6-14(13)17(18,19)20/h3-6,8-9,12,15,24H,2,7,10H2,1H3/t12-,15-/m0/s1. The summed E-state index contributed by atoms with van der Waals surface area (Å²) in [5.74, 6) is -0.432. The van der Waals surface area contributed by atoms with Crippen LogP contribution < -0.4 is 0 Å². The normalized spacial score (nSPS) is 20.9. The van der Waals surface area contributed by atoms with Gasteiger partial charge in [-0.05, 0) is 25.0 Å². The van der Waals surface area contributed by atoms with Gasteiger partial charge in [-0.25, -0.2) is 0 Å². The van der Waals surface area contributed by atoms with Gasteiger partial charge in [0.1, 0.15) is 0 Å². The Hall–Kier alpha value is -2.35. The first-order valence-electron chi connectivity index (χ1n) is 7.99. The Bertz CT molecular complexity index is 772. The van der Waals surface area contributed by atoms with Crippen molar-refractivity contribution in [2.75, 3.05) is 6.54 Å². The fraction of sp³-hybridized carbons (Fsp3) is 0.412. The monoisotopic (exact) mass is 353 g/mol. The third-order valence-electron chi connectivity index (χ3n) is 4.37. The number of nitrogens with zero attached hydrogens (tertiary/aromatic N) is 3. The number of aliphatic hydroxyl groups excluding tert-OH is 1. The molecule has 134 valence electrons. The Morgan fingerprint density at radius 3 is 2.72 bits per heavy atom. The van der Waals surface area contributed by atoms with E-state index < -0.39 is 29.8 Å². The molecule has 2 atom stereocenters. The van der Waals surface area contributed by atoms with Gasteiger partial charge in [-0.1, -0.05) is 18.2 Å². The number of halogens is 3. The van der Waals surface area contributed by atoms with Crippen LogP contribution >= 0.6 is 0 Å². The van der Waals surface area contributed by atoms with Gasteiger partial charge in [-0.2, -0.15) is 18.3 Å². The number of amides is 1. The van der Waals surface area contributed by atoms with Gasteiger partial charge < -0.3 is 10.0 Å². The second kappa shape index (κ2) is 6.51. The first kappa shape index (κ1) is 17.5. The number of rotatable bonds is 3. The lowest BCUT2D eigenvalue weighted by Crippen LogP contribution is -2.32. The maximum absolute atomic E-state index is 13.3. The Morgan fingerprint density at radius 2 is 2.08 bits per heavy atom. The molecule has 5 nitrogen and oxygen atoms in total. The molecule has 0 saturated carbocycles. The fourth-order valence-electron chi connectivity index (χ4n) is 3.19. The summed E-state index contributed by atoms with van der Waals surface area (Å²) in [5, 5.41) is 14.0. The molecule has 1 saturated heterocycles. The minimum atomic E-state index is -4.52. The van der Waals surface area contributed by atoms with Crippen LogP contribution in [0.1, 0.15) is 40.9 Å². The van der Waals surface area contributed by atoms with Crippen molar-refractivity contribution < 1.29 is 23.1 Å². The fourth-order valence-corrected chi connectivity index (χ4v) is 3.19. The van der Waals surface area contributed by atoms with E-state index in [2.05, 4.69) is 5.10 Å². The highest BCUT2D eigenvalue weighted by atomic mass is 19.4. The Balaban J connectivity index is 1.97. The van der Waals surface area contributed by atoms with Crippen molar-refractivity contribution in [1.82, 2.24) is 14.7 Å². The van der Waals surface area contributed by atoms with Crippen LogP contribution in [0.3, 0.4) is 0 Å². The van der Waals surface area contributed by atoms with Crippen LogP contribution in [-0.2, 0) is 12.7 Å². The molecule has 0 bridgehead atoms. The summed E-state index contributed by atoms with van der Waals surface area (Å²) in [6, 6.07) is 4.35. The topological polar surface area (TPSA) is 58.4 Å². The van der Waals surface area contributed by atoms with Crippen molar-refractivity contribution in [2.24, 2.45) is 0 Å². The van der Waals surface area contributed by atoms with Crippen LogP contribution in [0.2, 0.25) is 0 Å². The van der Waals surface area contributed by atoms with E-state index in [-0.39, 0.29) is 18.5 Å². The molecule has 1 amide bonds. The molecule has 1 aromatic carbocycles. The minimum absolute atomic E-state index is 0.00258. The lowest BCUT2D eigenvalue weighted by molar-refractivity contribution is -0.138. The highest BCUT2D eigenvalue weighted by Gasteiger charge is 2.41. The molecule has 1 aromatic heterocycles. The van der Waals surface area contributed by atoms with Crippen molar-refractivity contribution in [2.45, 2.75) is 38.2 Å². The summed E-state index contributed by atoms with van der Waals surface area (Å²) >= 11 is 0. The number of aryl methyl sites for hydroxylation is 1. The zero-order valence-electron chi connectivity index (χ0n) is 13.6. The van der Waals surface area contributed by atoms with Crippen LogP contribution in [0.25, 0.3) is 0 Å². The largest absolute Gasteiger partial charge is 0.416 e. The lowest BCUT2D eigenvalue weighted by Gasteiger charge is -2.26. The molecule has 8 heteroatoms. The van der Waals surface area contributed by atoms with Gasteiger partial charge >= 0.3 is 6.18 Å². The predicted octanol–water partition coefficient (Wildman–Crippen LogP) is 2.87. The average Bonchev–Trinajstić information content (AvgIpc) is 3.20. The number of aliphatic hydroxyl groups is 1. The highest BCUT2D eigenvalue weighted by molar-refractivity contribution is 5.94. The van der Waals surface area contributed by atoms with Crippen LogP contribution in [0.4, 0.5) is 13.2 Å². The van der Waals surface area contributed by atoms with Crippen LogP contribution in [-0.4, -0.2) is 38.3 Å². The zero-order chi connectivity index (χ0) is 18.2. The molecule has 25 heavy (non-hydrogen) atoms. The molecule has 1 fully saturated rings. The predicted molar refractivity (Wildman–Crippen MR) is 83.7 cm³/mol. The SMILES string of the molecule is CCn1cc(C(=O)N2C[C@@H](O)C[C@H]2c2ccccc2C(F)(F)F)cn1. The van der Waals surface area contributed by atoms with Crippen molar-refractivity contribution in [3.05, 3.63) is 53.3 Å². The van der Waals surface area contributed by atoms with Gasteiger partial charge in [0, 0.05) is 19.3 Å². The molecule has 0 aliphatic carbocycles. The van der Waals surface area contributed by atoms with E-state index in [0.29, 0.717) is 12.1 Å². The number of aromatic nitrogens is 2. The number of carbonyl (C=O) groups excluding carboxylic acids is 1. The van der Waals surface area contributed by atoms with E-state index in [1.165, 1.54) is 29.3 Å². The average molecular weight is 353 g/mol. The Kier molecular flexibility index (Phi) is 4.55. The number of carbonyl (C=O) groups is 1. The molecular weight excluding hydrogens is 335 g/mol. The van der Waals surface area contributed by atoms with Crippen molar-refractivity contribution in [3.8, 4) is 0 Å². The smallest absolute Gasteiger partial charge is 0.391 e. The zero-order valence-corrected chi connectivity index (χ0v) is 13.6. The Labute approximate surface area is 142 Å². The maximum atomic E-state index is 13.3. The van der Waals surface area contributed by atoms with Gasteiger partial charge in [0.2, 0.25) is 0 Å². The van der Waals surface area contributed by atoms with E-state index in [4.69, 9.17) is 0 Å². The van der Waals surface area contributed by atoms with E-state index in [1.807, 2.05) is 6.92 Å². The van der Waals surface area contributed by atoms with Gasteiger partial charge in [0.05, 0.1) is 29.5 Å². The summed E-state index contributed by atoms with van der Waals surface area (Å²) in [6.07, 6.45) is -2.37. The number of hydrogen-bond donors (Lipinski definition) is 1. The second-order valence-corrected chi connectivity index (χ2v) is 6.03. The van der Waals surface area contributed by atoms with Crippen LogP contribution in [0.5, 0.6) is 0 Å². The lowest BCUT2D eigenvalue weighted by atomic mass is 9.97. The minimum Gasteiger partial charge on any atom is -0.391 e. The van der Waals surface area contributed by atoms with Gasteiger partial charge in [-0.3, -0.25) is 9.48 Å². The summed E-state index contributed by atoms with van der Waals surface area (Å²) < 4.78 is 41.5. The molecule has 0 unspecified atom stereocenters. The third-order valence-corrected chi connectivity index (χ3v) is 4.37. The van der Waals surface area contributed by atoms with E-state index in [9.17, 15) is 23.1 Å². The molecule has 3 rings (SSSR count). The first-order chi connectivity index (χ1) is 11.8. The number of β-amino-alcohol motifs (C(OH)–C–C–N with tert-alkyl or cyclic N) is 1. The molecular formula is C17H18F3N3O2. The van der Waals surface area contributed by atoms with Crippen LogP contribution in [0, 0.1) is 0 Å². The van der Waals surface area contributed by atoms with E-state index in [0.717, 1.165) is 6.07 Å². The summed E-state index contributed by atoms with van der Waals surface area (Å²) in [4.78, 5) is 14.0. The number of benzene rings is 1. The van der Waals surface area contributed by atoms with Gasteiger partial charge in [-0.15, -0.1) is 0 Å². The number of likely N-dealkylation sites (tertiary alicyclic amines) is 1. The van der Waals surface area contributed by atoms with Gasteiger partial charge in [0.25, 0.3) is 5.91 Å². The summed E-state index contributed by atoms with van der Waals surface area (Å²) in [5.41, 5.74) is -0.482. The van der Waals surface area contributed by atoms with Gasteiger partial charge in [0.15, 0.2) is 0 Å². The molecule has 1 N–H and O–H groups in total.